The molecule has 2 aromatic carbocycles. The highest BCUT2D eigenvalue weighted by molar-refractivity contribution is 5.89. The van der Waals surface area contributed by atoms with Crippen LogP contribution in [0.2, 0.25) is 0 Å². The molecule has 0 saturated carbocycles. The molecule has 0 radical (unpaired) electrons. The van der Waals surface area contributed by atoms with E-state index >= 15 is 0 Å². The average Bonchev–Trinajstić information content (AvgIpc) is 2.59. The van der Waals surface area contributed by atoms with E-state index in [0.717, 1.165) is 12.1 Å². The van der Waals surface area contributed by atoms with E-state index in [-0.39, 0.29) is 11.4 Å². The molecule has 7 heteroatoms. The number of aromatic amines is 1. The minimum atomic E-state index is -4.43. The molecule has 0 spiro atoms. The van der Waals surface area contributed by atoms with Gasteiger partial charge in [-0.25, -0.2) is 4.98 Å². The lowest BCUT2D eigenvalue weighted by Gasteiger charge is -2.06. The summed E-state index contributed by atoms with van der Waals surface area (Å²) in [5.41, 5.74) is -0.313. The maximum Gasteiger partial charge on any atom is 0.416 e. The summed E-state index contributed by atoms with van der Waals surface area (Å²) in [5.74, 6) is 0.0612. The predicted molar refractivity (Wildman–Crippen MR) is 87.3 cm³/mol. The molecule has 0 unspecified atom stereocenters. The fourth-order valence-electron chi connectivity index (χ4n) is 2.30. The number of nitriles is 1. The lowest BCUT2D eigenvalue weighted by atomic mass is 10.1. The van der Waals surface area contributed by atoms with Gasteiger partial charge in [0.2, 0.25) is 0 Å². The van der Waals surface area contributed by atoms with Gasteiger partial charge in [0.1, 0.15) is 6.07 Å². The van der Waals surface area contributed by atoms with E-state index in [1.165, 1.54) is 18.2 Å². The minimum Gasteiger partial charge on any atom is -0.305 e. The number of aromatic nitrogens is 2. The predicted octanol–water partition coefficient (Wildman–Crippen LogP) is 4.01. The molecule has 0 atom stereocenters. The van der Waals surface area contributed by atoms with Crippen molar-refractivity contribution in [1.29, 1.82) is 5.26 Å². The molecule has 1 heterocycles. The Bertz CT molecular complexity index is 1060. The average molecular weight is 341 g/mol. The molecule has 3 rings (SSSR count). The number of nitrogens with one attached hydrogen (secondary N) is 1. The first-order chi connectivity index (χ1) is 11.9. The summed E-state index contributed by atoms with van der Waals surface area (Å²) in [4.78, 5) is 18.8. The largest absolute Gasteiger partial charge is 0.416 e. The number of H-pyrrole nitrogens is 1. The monoisotopic (exact) mass is 341 g/mol. The standard InChI is InChI=1S/C18H10F3N3O/c19-18(20,21)13-7-5-11(6-8-13)9-12(10-22)16-23-15-4-2-1-3-14(15)17(25)24-16/h1-9H,(H,23,24,25)/b12-9-. The van der Waals surface area contributed by atoms with Crippen molar-refractivity contribution in [2.45, 2.75) is 6.18 Å². The number of hydrogen-bond donors (Lipinski definition) is 1. The molecule has 0 aliphatic heterocycles. The van der Waals surface area contributed by atoms with Crippen molar-refractivity contribution in [2.24, 2.45) is 0 Å². The van der Waals surface area contributed by atoms with Crippen molar-refractivity contribution >= 4 is 22.6 Å². The van der Waals surface area contributed by atoms with Crippen LogP contribution in [0.3, 0.4) is 0 Å². The molecular formula is C18H10F3N3O. The van der Waals surface area contributed by atoms with Crippen molar-refractivity contribution in [3.63, 3.8) is 0 Å². The number of para-hydroxylation sites is 1. The molecule has 3 aromatic rings. The summed E-state index contributed by atoms with van der Waals surface area (Å²) in [7, 11) is 0. The fourth-order valence-corrected chi connectivity index (χ4v) is 2.30. The highest BCUT2D eigenvalue weighted by atomic mass is 19.4. The first-order valence-corrected chi connectivity index (χ1v) is 7.17. The van der Waals surface area contributed by atoms with Gasteiger partial charge in [0.25, 0.3) is 5.56 Å². The molecule has 1 N–H and O–H groups in total. The van der Waals surface area contributed by atoms with E-state index in [0.29, 0.717) is 16.5 Å². The molecule has 0 aliphatic rings. The number of benzene rings is 2. The third kappa shape index (κ3) is 3.43. The van der Waals surface area contributed by atoms with Crippen LogP contribution in [0.5, 0.6) is 0 Å². The zero-order valence-electron chi connectivity index (χ0n) is 12.6. The van der Waals surface area contributed by atoms with Crippen LogP contribution in [0.4, 0.5) is 13.2 Å². The number of allylic oxidation sites excluding steroid dienone is 1. The van der Waals surface area contributed by atoms with Crippen molar-refractivity contribution in [3.05, 3.63) is 75.8 Å². The SMILES string of the molecule is N#C/C(=C/c1ccc(C(F)(F)F)cc1)c1nc2ccccc2c(=O)[nH]1. The minimum absolute atomic E-state index is 0.0441. The van der Waals surface area contributed by atoms with E-state index in [1.807, 2.05) is 6.07 Å². The summed E-state index contributed by atoms with van der Waals surface area (Å²) in [6.07, 6.45) is -3.06. The van der Waals surface area contributed by atoms with Gasteiger partial charge in [-0.2, -0.15) is 18.4 Å². The molecule has 1 aromatic heterocycles. The number of alkyl halides is 3. The third-order valence-electron chi connectivity index (χ3n) is 3.54. The topological polar surface area (TPSA) is 69.5 Å². The molecule has 0 fully saturated rings. The van der Waals surface area contributed by atoms with Crippen molar-refractivity contribution in [1.82, 2.24) is 9.97 Å². The van der Waals surface area contributed by atoms with Gasteiger partial charge in [0.05, 0.1) is 22.0 Å². The van der Waals surface area contributed by atoms with Gasteiger partial charge in [-0.1, -0.05) is 24.3 Å². The zero-order valence-corrected chi connectivity index (χ0v) is 12.6. The Balaban J connectivity index is 2.04. The third-order valence-corrected chi connectivity index (χ3v) is 3.54. The highest BCUT2D eigenvalue weighted by Gasteiger charge is 2.29. The van der Waals surface area contributed by atoms with Crippen LogP contribution in [0.15, 0.2) is 53.3 Å². The van der Waals surface area contributed by atoms with Crippen LogP contribution in [0.25, 0.3) is 22.6 Å². The number of hydrogen-bond acceptors (Lipinski definition) is 3. The maximum absolute atomic E-state index is 12.6. The van der Waals surface area contributed by atoms with Crippen LogP contribution in [0.1, 0.15) is 17.0 Å². The first kappa shape index (κ1) is 16.5. The van der Waals surface area contributed by atoms with Crippen molar-refractivity contribution in [3.8, 4) is 6.07 Å². The Labute approximate surface area is 139 Å². The van der Waals surface area contributed by atoms with E-state index in [9.17, 15) is 23.2 Å². The molecule has 25 heavy (non-hydrogen) atoms. The molecule has 0 amide bonds. The Kier molecular flexibility index (Phi) is 4.11. The normalized spacial score (nSPS) is 12.2. The molecule has 0 aliphatic carbocycles. The van der Waals surface area contributed by atoms with Crippen molar-refractivity contribution in [2.75, 3.05) is 0 Å². The Hall–Kier alpha value is -3.40. The van der Waals surface area contributed by atoms with Gasteiger partial charge in [-0.15, -0.1) is 0 Å². The second-order valence-corrected chi connectivity index (χ2v) is 5.22. The van der Waals surface area contributed by atoms with Gasteiger partial charge < -0.3 is 4.98 Å². The summed E-state index contributed by atoms with van der Waals surface area (Å²) >= 11 is 0. The zero-order chi connectivity index (χ0) is 18.0. The van der Waals surface area contributed by atoms with E-state index in [2.05, 4.69) is 9.97 Å². The second kappa shape index (κ2) is 6.24. The Morgan fingerprint density at radius 1 is 1.12 bits per heavy atom. The van der Waals surface area contributed by atoms with Gasteiger partial charge in [-0.05, 0) is 35.9 Å². The van der Waals surface area contributed by atoms with Crippen molar-refractivity contribution < 1.29 is 13.2 Å². The number of rotatable bonds is 2. The smallest absolute Gasteiger partial charge is 0.305 e. The molecule has 124 valence electrons. The maximum atomic E-state index is 12.6. The highest BCUT2D eigenvalue weighted by Crippen LogP contribution is 2.29. The number of fused-ring (bicyclic) bond motifs is 1. The molecule has 0 saturated heterocycles. The van der Waals surface area contributed by atoms with Crippen LogP contribution in [0, 0.1) is 11.3 Å². The Morgan fingerprint density at radius 2 is 1.80 bits per heavy atom. The van der Waals surface area contributed by atoms with Gasteiger partial charge in [0.15, 0.2) is 5.82 Å². The fraction of sp³-hybridized carbons (Fsp3) is 0.0556. The van der Waals surface area contributed by atoms with Gasteiger partial charge in [-0.3, -0.25) is 4.79 Å². The number of halogens is 3. The molecule has 4 nitrogen and oxygen atoms in total. The summed E-state index contributed by atoms with van der Waals surface area (Å²) in [6.45, 7) is 0. The molecule has 0 bridgehead atoms. The van der Waals surface area contributed by atoms with E-state index in [4.69, 9.17) is 0 Å². The van der Waals surface area contributed by atoms with Crippen LogP contribution >= 0.6 is 0 Å². The Morgan fingerprint density at radius 3 is 2.44 bits per heavy atom. The lowest BCUT2D eigenvalue weighted by Crippen LogP contribution is -2.11. The van der Waals surface area contributed by atoms with E-state index in [1.54, 1.807) is 24.3 Å². The van der Waals surface area contributed by atoms with Gasteiger partial charge >= 0.3 is 6.18 Å². The first-order valence-electron chi connectivity index (χ1n) is 7.17. The second-order valence-electron chi connectivity index (χ2n) is 5.22. The summed E-state index contributed by atoms with van der Waals surface area (Å²) in [6, 6.07) is 12.9. The lowest BCUT2D eigenvalue weighted by molar-refractivity contribution is -0.137. The van der Waals surface area contributed by atoms with Crippen LogP contribution in [-0.2, 0) is 6.18 Å². The quantitative estimate of drug-likeness (QED) is 0.716. The summed E-state index contributed by atoms with van der Waals surface area (Å²) < 4.78 is 37.8. The summed E-state index contributed by atoms with van der Waals surface area (Å²) in [5, 5.41) is 9.71. The number of nitrogens with zero attached hydrogens (tertiary/aromatic N) is 2. The van der Waals surface area contributed by atoms with E-state index < -0.39 is 17.3 Å². The van der Waals surface area contributed by atoms with Gasteiger partial charge in [0, 0.05) is 0 Å². The van der Waals surface area contributed by atoms with Crippen LogP contribution in [-0.4, -0.2) is 9.97 Å². The molecular weight excluding hydrogens is 331 g/mol. The van der Waals surface area contributed by atoms with Crippen LogP contribution < -0.4 is 5.56 Å².